The first kappa shape index (κ1) is 19.1. The normalized spacial score (nSPS) is 17.7. The molecule has 1 N–H and O–H groups in total. The van der Waals surface area contributed by atoms with Gasteiger partial charge in [-0.1, -0.05) is 23.7 Å². The lowest BCUT2D eigenvalue weighted by molar-refractivity contribution is -0.121. The zero-order chi connectivity index (χ0) is 17.9. The minimum absolute atomic E-state index is 0.0528. The van der Waals surface area contributed by atoms with Gasteiger partial charge in [-0.15, -0.1) is 0 Å². The minimum Gasteiger partial charge on any atom is -0.444 e. The molecule has 0 aliphatic carbocycles. The fourth-order valence-electron chi connectivity index (χ4n) is 2.51. The summed E-state index contributed by atoms with van der Waals surface area (Å²) in [6, 6.07) is 5.39. The molecule has 0 spiro atoms. The molecule has 1 aromatic rings. The van der Waals surface area contributed by atoms with E-state index in [-0.39, 0.29) is 24.5 Å². The lowest BCUT2D eigenvalue weighted by Crippen LogP contribution is -2.40. The first-order valence-corrected chi connectivity index (χ1v) is 9.03. The zero-order valence-electron chi connectivity index (χ0n) is 14.1. The van der Waals surface area contributed by atoms with Gasteiger partial charge < -0.3 is 15.0 Å². The van der Waals surface area contributed by atoms with Crippen molar-refractivity contribution in [3.8, 4) is 0 Å². The van der Waals surface area contributed by atoms with Gasteiger partial charge in [0.2, 0.25) is 5.91 Å². The van der Waals surface area contributed by atoms with E-state index in [1.165, 1.54) is 0 Å². The van der Waals surface area contributed by atoms with Crippen LogP contribution in [0.5, 0.6) is 0 Å². The second-order valence-electron chi connectivity index (χ2n) is 6.87. The van der Waals surface area contributed by atoms with Gasteiger partial charge in [-0.25, -0.2) is 4.79 Å². The van der Waals surface area contributed by atoms with Crippen molar-refractivity contribution in [2.45, 2.75) is 45.3 Å². The van der Waals surface area contributed by atoms with Gasteiger partial charge in [-0.05, 0) is 54.8 Å². The van der Waals surface area contributed by atoms with Crippen LogP contribution in [-0.4, -0.2) is 41.6 Å². The Morgan fingerprint density at radius 1 is 1.42 bits per heavy atom. The van der Waals surface area contributed by atoms with Crippen molar-refractivity contribution in [1.29, 1.82) is 0 Å². The van der Waals surface area contributed by atoms with Gasteiger partial charge in [0.25, 0.3) is 0 Å². The Labute approximate surface area is 155 Å². The van der Waals surface area contributed by atoms with E-state index >= 15 is 0 Å². The summed E-state index contributed by atoms with van der Waals surface area (Å²) in [6.07, 6.45) is 0.628. The van der Waals surface area contributed by atoms with Gasteiger partial charge in [-0.2, -0.15) is 0 Å². The highest BCUT2D eigenvalue weighted by Crippen LogP contribution is 2.26. The third-order valence-corrected chi connectivity index (χ3v) is 5.07. The third-order valence-electron chi connectivity index (χ3n) is 3.59. The number of carbonyl (C=O) groups is 2. The van der Waals surface area contributed by atoms with E-state index in [1.54, 1.807) is 11.0 Å². The molecule has 5 nitrogen and oxygen atoms in total. The van der Waals surface area contributed by atoms with Crippen molar-refractivity contribution in [2.75, 3.05) is 13.1 Å². The van der Waals surface area contributed by atoms with Crippen LogP contribution in [-0.2, 0) is 16.0 Å². The lowest BCUT2D eigenvalue weighted by atomic mass is 10.1. The Morgan fingerprint density at radius 2 is 2.12 bits per heavy atom. The molecule has 0 bridgehead atoms. The molecule has 7 heteroatoms. The molecule has 1 aliphatic heterocycles. The van der Waals surface area contributed by atoms with Crippen LogP contribution in [0.3, 0.4) is 0 Å². The quantitative estimate of drug-likeness (QED) is 0.814. The monoisotopic (exact) mass is 416 g/mol. The zero-order valence-corrected chi connectivity index (χ0v) is 16.4. The molecule has 1 aliphatic rings. The number of halogens is 2. The summed E-state index contributed by atoms with van der Waals surface area (Å²) in [4.78, 5) is 25.9. The number of hydrogen-bond acceptors (Lipinski definition) is 3. The molecule has 24 heavy (non-hydrogen) atoms. The van der Waals surface area contributed by atoms with Gasteiger partial charge in [0, 0.05) is 23.6 Å². The van der Waals surface area contributed by atoms with E-state index in [0.29, 0.717) is 18.1 Å². The SMILES string of the molecule is CC(C)(C)OC(=O)N1CCC(NC(=O)Cc2cccc(Cl)c2Br)C1. The fourth-order valence-corrected chi connectivity index (χ4v) is 3.11. The lowest BCUT2D eigenvalue weighted by Gasteiger charge is -2.24. The van der Waals surface area contributed by atoms with Gasteiger partial charge in [0.15, 0.2) is 0 Å². The van der Waals surface area contributed by atoms with E-state index in [2.05, 4.69) is 21.2 Å². The molecule has 1 saturated heterocycles. The first-order valence-electron chi connectivity index (χ1n) is 7.86. The van der Waals surface area contributed by atoms with Crippen LogP contribution in [0.4, 0.5) is 4.79 Å². The Morgan fingerprint density at radius 3 is 2.79 bits per heavy atom. The highest BCUT2D eigenvalue weighted by atomic mass is 79.9. The number of nitrogens with one attached hydrogen (secondary N) is 1. The van der Waals surface area contributed by atoms with Crippen molar-refractivity contribution < 1.29 is 14.3 Å². The summed E-state index contributed by atoms with van der Waals surface area (Å²) in [5.74, 6) is -0.0889. The highest BCUT2D eigenvalue weighted by Gasteiger charge is 2.30. The molecule has 1 heterocycles. The molecule has 1 fully saturated rings. The number of amides is 2. The molecule has 1 atom stereocenters. The Hall–Kier alpha value is -1.27. The Bertz CT molecular complexity index is 631. The summed E-state index contributed by atoms with van der Waals surface area (Å²) in [7, 11) is 0. The summed E-state index contributed by atoms with van der Waals surface area (Å²) in [5.41, 5.74) is 0.319. The number of carbonyl (C=O) groups excluding carboxylic acids is 2. The van der Waals surface area contributed by atoms with E-state index in [4.69, 9.17) is 16.3 Å². The molecular formula is C17H22BrClN2O3. The van der Waals surface area contributed by atoms with Crippen molar-refractivity contribution >= 4 is 39.5 Å². The Kier molecular flexibility index (Phi) is 6.15. The third kappa shape index (κ3) is 5.38. The summed E-state index contributed by atoms with van der Waals surface area (Å²) >= 11 is 9.43. The van der Waals surface area contributed by atoms with E-state index in [0.717, 1.165) is 16.5 Å². The largest absolute Gasteiger partial charge is 0.444 e. The van der Waals surface area contributed by atoms with Crippen LogP contribution >= 0.6 is 27.5 Å². The molecule has 1 aromatic carbocycles. The number of hydrogen-bond donors (Lipinski definition) is 1. The second kappa shape index (κ2) is 7.74. The van der Waals surface area contributed by atoms with Gasteiger partial charge >= 0.3 is 6.09 Å². The molecule has 0 aromatic heterocycles. The van der Waals surface area contributed by atoms with Crippen LogP contribution in [0.2, 0.25) is 5.02 Å². The summed E-state index contributed by atoms with van der Waals surface area (Å²) in [5, 5.41) is 3.55. The average molecular weight is 418 g/mol. The summed E-state index contributed by atoms with van der Waals surface area (Å²) < 4.78 is 6.09. The van der Waals surface area contributed by atoms with Gasteiger partial charge in [0.05, 0.1) is 11.4 Å². The minimum atomic E-state index is -0.517. The van der Waals surface area contributed by atoms with Crippen molar-refractivity contribution in [3.63, 3.8) is 0 Å². The van der Waals surface area contributed by atoms with Crippen LogP contribution in [0, 0.1) is 0 Å². The number of ether oxygens (including phenoxy) is 1. The second-order valence-corrected chi connectivity index (χ2v) is 8.07. The van der Waals surface area contributed by atoms with Crippen molar-refractivity contribution in [2.24, 2.45) is 0 Å². The van der Waals surface area contributed by atoms with Crippen molar-refractivity contribution in [3.05, 3.63) is 33.3 Å². The fraction of sp³-hybridized carbons (Fsp3) is 0.529. The number of likely N-dealkylation sites (tertiary alicyclic amines) is 1. The summed E-state index contributed by atoms with van der Waals surface area (Å²) in [6.45, 7) is 6.56. The smallest absolute Gasteiger partial charge is 0.410 e. The van der Waals surface area contributed by atoms with Crippen LogP contribution in [0.1, 0.15) is 32.8 Å². The Balaban J connectivity index is 1.85. The average Bonchev–Trinajstić information content (AvgIpc) is 2.90. The standard InChI is InChI=1S/C17H22BrClN2O3/c1-17(2,3)24-16(23)21-8-7-12(10-21)20-14(22)9-11-5-4-6-13(19)15(11)18/h4-6,12H,7-10H2,1-3H3,(H,20,22). The van der Waals surface area contributed by atoms with Crippen LogP contribution < -0.4 is 5.32 Å². The maximum atomic E-state index is 12.2. The predicted octanol–water partition coefficient (Wildman–Crippen LogP) is 3.77. The molecule has 2 rings (SSSR count). The van der Waals surface area contributed by atoms with E-state index < -0.39 is 5.60 Å². The molecular weight excluding hydrogens is 396 g/mol. The predicted molar refractivity (Wildman–Crippen MR) is 97.2 cm³/mol. The van der Waals surface area contributed by atoms with Gasteiger partial charge in [0.1, 0.15) is 5.60 Å². The molecule has 0 radical (unpaired) electrons. The van der Waals surface area contributed by atoms with Crippen LogP contribution in [0.25, 0.3) is 0 Å². The maximum absolute atomic E-state index is 12.2. The number of benzene rings is 1. The first-order chi connectivity index (χ1) is 11.2. The molecule has 132 valence electrons. The number of nitrogens with zero attached hydrogens (tertiary/aromatic N) is 1. The maximum Gasteiger partial charge on any atom is 0.410 e. The van der Waals surface area contributed by atoms with Gasteiger partial charge in [-0.3, -0.25) is 4.79 Å². The topological polar surface area (TPSA) is 58.6 Å². The number of rotatable bonds is 3. The molecule has 1 unspecified atom stereocenters. The molecule has 0 saturated carbocycles. The van der Waals surface area contributed by atoms with E-state index in [1.807, 2.05) is 32.9 Å². The molecule has 2 amide bonds. The van der Waals surface area contributed by atoms with Crippen molar-refractivity contribution in [1.82, 2.24) is 10.2 Å². The highest BCUT2D eigenvalue weighted by molar-refractivity contribution is 9.10. The van der Waals surface area contributed by atoms with Crippen LogP contribution in [0.15, 0.2) is 22.7 Å². The van der Waals surface area contributed by atoms with E-state index in [9.17, 15) is 9.59 Å².